The number of sulfone groups is 1. The normalized spacial score (nSPS) is 13.2. The average Bonchev–Trinajstić information content (AvgIpc) is 2.44. The summed E-state index contributed by atoms with van der Waals surface area (Å²) < 4.78 is 89.6. The standard InChI is InChI=1S/C12H13NO9S3/c13-11-3-4-12(24(16,17)18)9-2-1-8(7-10(9)11)23(14,15)6-5-22-25(19,20)21/h1-4,7H,5-6,13H2,(H,16,17,18)(H,19,20,21). The van der Waals surface area contributed by atoms with E-state index in [1.807, 2.05) is 0 Å². The molecule has 2 aromatic carbocycles. The zero-order valence-electron chi connectivity index (χ0n) is 12.4. The van der Waals surface area contributed by atoms with Gasteiger partial charge in [0.25, 0.3) is 10.1 Å². The molecular weight excluding hydrogens is 398 g/mol. The van der Waals surface area contributed by atoms with Crippen LogP contribution >= 0.6 is 0 Å². The van der Waals surface area contributed by atoms with Gasteiger partial charge in [-0.2, -0.15) is 16.8 Å². The molecule has 0 saturated heterocycles. The lowest BCUT2D eigenvalue weighted by Gasteiger charge is -2.10. The van der Waals surface area contributed by atoms with Crippen molar-refractivity contribution in [3.8, 4) is 0 Å². The fourth-order valence-electron chi connectivity index (χ4n) is 2.11. The molecule has 0 atom stereocenters. The zero-order chi connectivity index (χ0) is 19.0. The Morgan fingerprint density at radius 2 is 1.56 bits per heavy atom. The van der Waals surface area contributed by atoms with Gasteiger partial charge in [0.1, 0.15) is 4.90 Å². The maximum atomic E-state index is 12.2. The van der Waals surface area contributed by atoms with Gasteiger partial charge in [-0.1, -0.05) is 6.07 Å². The first kappa shape index (κ1) is 19.6. The van der Waals surface area contributed by atoms with Crippen LogP contribution in [0.15, 0.2) is 40.1 Å². The zero-order valence-corrected chi connectivity index (χ0v) is 14.8. The minimum absolute atomic E-state index is 0.0237. The first-order chi connectivity index (χ1) is 11.3. The smallest absolute Gasteiger partial charge is 0.397 e. The van der Waals surface area contributed by atoms with E-state index in [1.165, 1.54) is 6.07 Å². The fourth-order valence-corrected chi connectivity index (χ4v) is 4.31. The molecular formula is C12H13NO9S3. The summed E-state index contributed by atoms with van der Waals surface area (Å²) >= 11 is 0. The molecule has 10 nitrogen and oxygen atoms in total. The molecule has 0 amide bonds. The second-order valence-electron chi connectivity index (χ2n) is 4.90. The molecule has 0 radical (unpaired) electrons. The SMILES string of the molecule is Nc1ccc(S(=O)(=O)O)c2ccc(S(=O)(=O)CCOS(=O)(=O)O)cc12. The van der Waals surface area contributed by atoms with E-state index in [2.05, 4.69) is 4.18 Å². The van der Waals surface area contributed by atoms with Crippen LogP contribution < -0.4 is 5.73 Å². The van der Waals surface area contributed by atoms with Crippen LogP contribution in [0.2, 0.25) is 0 Å². The van der Waals surface area contributed by atoms with E-state index in [1.54, 1.807) is 0 Å². The Kier molecular flexibility index (Phi) is 5.09. The fraction of sp³-hybridized carbons (Fsp3) is 0.167. The van der Waals surface area contributed by atoms with Crippen molar-refractivity contribution in [2.45, 2.75) is 9.79 Å². The number of fused-ring (bicyclic) bond motifs is 1. The summed E-state index contributed by atoms with van der Waals surface area (Å²) in [5, 5.41) is 0.0996. The summed E-state index contributed by atoms with van der Waals surface area (Å²) in [6.45, 7) is -0.806. The molecule has 0 bridgehead atoms. The monoisotopic (exact) mass is 411 g/mol. The summed E-state index contributed by atoms with van der Waals surface area (Å²) in [6.07, 6.45) is 0. The lowest BCUT2D eigenvalue weighted by molar-refractivity contribution is 0.284. The molecule has 0 heterocycles. The topological polar surface area (TPSA) is 178 Å². The van der Waals surface area contributed by atoms with Crippen molar-refractivity contribution in [3.05, 3.63) is 30.3 Å². The van der Waals surface area contributed by atoms with E-state index < -0.39 is 47.6 Å². The second kappa shape index (κ2) is 6.51. The Balaban J connectivity index is 2.49. The number of rotatable bonds is 6. The van der Waals surface area contributed by atoms with Gasteiger partial charge in [0.15, 0.2) is 9.84 Å². The predicted octanol–water partition coefficient (Wildman–Crippen LogP) is 0.262. The van der Waals surface area contributed by atoms with Crippen molar-refractivity contribution in [2.75, 3.05) is 18.1 Å². The number of benzene rings is 2. The van der Waals surface area contributed by atoms with E-state index in [0.29, 0.717) is 0 Å². The molecule has 0 saturated carbocycles. The molecule has 2 rings (SSSR count). The van der Waals surface area contributed by atoms with Gasteiger partial charge in [-0.3, -0.25) is 9.11 Å². The van der Waals surface area contributed by atoms with Crippen molar-refractivity contribution >= 4 is 46.8 Å². The van der Waals surface area contributed by atoms with Gasteiger partial charge >= 0.3 is 10.4 Å². The minimum Gasteiger partial charge on any atom is -0.398 e. The van der Waals surface area contributed by atoms with Crippen LogP contribution in [0.4, 0.5) is 5.69 Å². The summed E-state index contributed by atoms with van der Waals surface area (Å²) in [5.41, 5.74) is 5.81. The maximum Gasteiger partial charge on any atom is 0.397 e. The van der Waals surface area contributed by atoms with Gasteiger partial charge in [0.2, 0.25) is 0 Å². The van der Waals surface area contributed by atoms with E-state index >= 15 is 0 Å². The third-order valence-electron chi connectivity index (χ3n) is 3.20. The largest absolute Gasteiger partial charge is 0.398 e. The number of nitrogens with two attached hydrogens (primary N) is 1. The number of hydrogen-bond acceptors (Lipinski definition) is 8. The molecule has 0 aliphatic heterocycles. The van der Waals surface area contributed by atoms with Crippen LogP contribution in [-0.4, -0.2) is 46.7 Å². The Morgan fingerprint density at radius 1 is 0.920 bits per heavy atom. The van der Waals surface area contributed by atoms with E-state index in [-0.39, 0.29) is 21.4 Å². The molecule has 0 aliphatic rings. The van der Waals surface area contributed by atoms with Gasteiger partial charge < -0.3 is 5.73 Å². The summed E-state index contributed by atoms with van der Waals surface area (Å²) in [4.78, 5) is -0.700. The lowest BCUT2D eigenvalue weighted by atomic mass is 10.1. The summed E-state index contributed by atoms with van der Waals surface area (Å²) in [7, 11) is -13.3. The van der Waals surface area contributed by atoms with Gasteiger partial charge in [-0.05, 0) is 24.3 Å². The molecule has 0 spiro atoms. The van der Waals surface area contributed by atoms with Crippen molar-refractivity contribution in [1.82, 2.24) is 0 Å². The Hall–Kier alpha value is -1.77. The van der Waals surface area contributed by atoms with Gasteiger partial charge in [-0.15, -0.1) is 0 Å². The quantitative estimate of drug-likeness (QED) is 0.441. The summed E-state index contributed by atoms with van der Waals surface area (Å²) in [6, 6.07) is 5.62. The molecule has 0 unspecified atom stereocenters. The molecule has 0 fully saturated rings. The first-order valence-electron chi connectivity index (χ1n) is 6.45. The van der Waals surface area contributed by atoms with Crippen LogP contribution in [0.5, 0.6) is 0 Å². The third-order valence-corrected chi connectivity index (χ3v) is 6.26. The highest BCUT2D eigenvalue weighted by Crippen LogP contribution is 2.30. The van der Waals surface area contributed by atoms with Crippen LogP contribution in [0, 0.1) is 0 Å². The van der Waals surface area contributed by atoms with Crippen molar-refractivity contribution < 1.29 is 38.5 Å². The van der Waals surface area contributed by atoms with Crippen LogP contribution in [0.3, 0.4) is 0 Å². The van der Waals surface area contributed by atoms with Gasteiger partial charge in [-0.25, -0.2) is 12.6 Å². The molecule has 2 aromatic rings. The van der Waals surface area contributed by atoms with Crippen molar-refractivity contribution in [2.24, 2.45) is 0 Å². The van der Waals surface area contributed by atoms with E-state index in [9.17, 15) is 29.8 Å². The highest BCUT2D eigenvalue weighted by molar-refractivity contribution is 7.91. The van der Waals surface area contributed by atoms with Gasteiger partial charge in [0.05, 0.1) is 17.3 Å². The number of nitrogen functional groups attached to an aromatic ring is 1. The molecule has 13 heteroatoms. The number of hydrogen-bond donors (Lipinski definition) is 3. The highest BCUT2D eigenvalue weighted by atomic mass is 32.3. The summed E-state index contributed by atoms with van der Waals surface area (Å²) in [5.74, 6) is -0.754. The van der Waals surface area contributed by atoms with Crippen molar-refractivity contribution in [1.29, 1.82) is 0 Å². The van der Waals surface area contributed by atoms with Crippen LogP contribution in [0.25, 0.3) is 10.8 Å². The minimum atomic E-state index is -4.77. The lowest BCUT2D eigenvalue weighted by Crippen LogP contribution is -2.15. The average molecular weight is 411 g/mol. The van der Waals surface area contributed by atoms with Gasteiger partial charge in [0, 0.05) is 16.5 Å². The number of anilines is 1. The molecule has 4 N–H and O–H groups in total. The Morgan fingerprint density at radius 3 is 2.12 bits per heavy atom. The predicted molar refractivity (Wildman–Crippen MR) is 87.7 cm³/mol. The Labute approximate surface area is 143 Å². The molecule has 25 heavy (non-hydrogen) atoms. The second-order valence-corrected chi connectivity index (χ2v) is 9.49. The van der Waals surface area contributed by atoms with Crippen molar-refractivity contribution in [3.63, 3.8) is 0 Å². The molecule has 0 aliphatic carbocycles. The van der Waals surface area contributed by atoms with E-state index in [0.717, 1.165) is 24.3 Å². The van der Waals surface area contributed by atoms with E-state index in [4.69, 9.17) is 10.3 Å². The van der Waals surface area contributed by atoms with Crippen LogP contribution in [0.1, 0.15) is 0 Å². The molecule has 138 valence electrons. The molecule has 0 aromatic heterocycles. The first-order valence-corrected chi connectivity index (χ1v) is 10.9. The Bertz CT molecular complexity index is 1140. The maximum absolute atomic E-state index is 12.2. The highest BCUT2D eigenvalue weighted by Gasteiger charge is 2.20. The third kappa shape index (κ3) is 4.65. The van der Waals surface area contributed by atoms with Crippen LogP contribution in [-0.2, 0) is 34.5 Å².